The van der Waals surface area contributed by atoms with Gasteiger partial charge in [-0.25, -0.2) is 15.0 Å². The van der Waals surface area contributed by atoms with Gasteiger partial charge in [0.1, 0.15) is 53.9 Å². The van der Waals surface area contributed by atoms with E-state index in [2.05, 4.69) is 27.0 Å². The number of carbonyl (C=O) groups is 3. The Kier molecular flexibility index (Phi) is 16.6. The zero-order valence-electron chi connectivity index (χ0n) is 40.3. The summed E-state index contributed by atoms with van der Waals surface area (Å²) in [6.07, 6.45) is 3.02. The van der Waals surface area contributed by atoms with Crippen molar-refractivity contribution >= 4 is 67.0 Å². The number of pyridine rings is 1. The second kappa shape index (κ2) is 23.1. The molecule has 21 heteroatoms. The number of nitrogens with one attached hydrogen (secondary N) is 3. The first-order valence-electron chi connectivity index (χ1n) is 23.3. The van der Waals surface area contributed by atoms with E-state index < -0.39 is 35.4 Å². The maximum Gasteiger partial charge on any atom is 0.246 e. The van der Waals surface area contributed by atoms with Gasteiger partial charge in [0.15, 0.2) is 4.96 Å². The Hall–Kier alpha value is -6.51. The van der Waals surface area contributed by atoms with Gasteiger partial charge in [-0.3, -0.25) is 23.2 Å². The second-order valence-electron chi connectivity index (χ2n) is 18.0. The molecule has 7 aromatic rings. The molecule has 0 spiro atoms. The number of carbonyl (C=O) groups excluding carboxylic acids is 3. The van der Waals surface area contributed by atoms with E-state index in [4.69, 9.17) is 33.7 Å². The lowest BCUT2D eigenvalue weighted by molar-refractivity contribution is -0.144. The van der Waals surface area contributed by atoms with E-state index in [9.17, 15) is 24.8 Å². The van der Waals surface area contributed by atoms with Crippen LogP contribution in [0.3, 0.4) is 0 Å². The summed E-state index contributed by atoms with van der Waals surface area (Å²) >= 11 is 3.12. The topological polar surface area (TPSA) is 228 Å². The van der Waals surface area contributed by atoms with Crippen LogP contribution in [0.2, 0.25) is 0 Å². The van der Waals surface area contributed by atoms with E-state index in [0.717, 1.165) is 54.1 Å². The van der Waals surface area contributed by atoms with E-state index in [0.29, 0.717) is 56.5 Å². The van der Waals surface area contributed by atoms with Crippen molar-refractivity contribution < 1.29 is 43.2 Å². The highest BCUT2D eigenvalue weighted by Gasteiger charge is 2.44. The van der Waals surface area contributed by atoms with E-state index in [1.807, 2.05) is 104 Å². The number of fused-ring (bicyclic) bond motifs is 4. The van der Waals surface area contributed by atoms with Gasteiger partial charge >= 0.3 is 0 Å². The zero-order chi connectivity index (χ0) is 50.1. The Morgan fingerprint density at radius 3 is 2.32 bits per heavy atom. The van der Waals surface area contributed by atoms with E-state index >= 15 is 0 Å². The SMILES string of the molecule is CNc1c(-c2cn3c(n2)sc2cc(OCCOCCOCCOCCOCC(=O)N[C@H](C(=O)N4C[C@H](O)C[C@H]4C(=O)NCc4ccc(-c5scnc5C)cc4)C(C)(C)C)ccc23)nc2cc(C#N)ccn12. The van der Waals surface area contributed by atoms with Crippen LogP contribution in [0.1, 0.15) is 44.0 Å². The molecule has 8 rings (SSSR count). The van der Waals surface area contributed by atoms with Crippen molar-refractivity contribution in [3.8, 4) is 33.6 Å². The average molecular weight is 1010 g/mol. The highest BCUT2D eigenvalue weighted by atomic mass is 32.1. The number of aliphatic hydroxyl groups is 1. The van der Waals surface area contributed by atoms with Crippen LogP contribution in [0.15, 0.2) is 72.5 Å². The van der Waals surface area contributed by atoms with Crippen molar-refractivity contribution in [1.82, 2.24) is 39.3 Å². The van der Waals surface area contributed by atoms with Gasteiger partial charge in [0, 0.05) is 39.0 Å². The number of benzene rings is 2. The highest BCUT2D eigenvalue weighted by Crippen LogP contribution is 2.35. The molecule has 4 N–H and O–H groups in total. The number of imidazole rings is 2. The third-order valence-electron chi connectivity index (χ3n) is 11.9. The molecule has 71 heavy (non-hydrogen) atoms. The Morgan fingerprint density at radius 1 is 0.930 bits per heavy atom. The molecule has 0 saturated carbocycles. The van der Waals surface area contributed by atoms with Crippen LogP contribution in [0.5, 0.6) is 5.75 Å². The number of aromatic nitrogens is 5. The summed E-state index contributed by atoms with van der Waals surface area (Å²) in [5.74, 6) is 0.216. The number of hydrogen-bond acceptors (Lipinski definition) is 16. The Labute approximate surface area is 418 Å². The normalized spacial score (nSPS) is 15.4. The molecule has 1 fully saturated rings. The van der Waals surface area contributed by atoms with Gasteiger partial charge in [-0.05, 0) is 53.8 Å². The molecule has 6 heterocycles. The lowest BCUT2D eigenvalue weighted by Gasteiger charge is -2.35. The van der Waals surface area contributed by atoms with Crippen LogP contribution >= 0.6 is 22.7 Å². The van der Waals surface area contributed by atoms with Crippen molar-refractivity contribution in [3.63, 3.8) is 0 Å². The number of β-amino-alcohol motifs (C(OH)–C–C–N with tert-alkyl or cyclic N) is 1. The summed E-state index contributed by atoms with van der Waals surface area (Å²) in [5, 5.41) is 28.8. The number of aliphatic hydroxyl groups excluding tert-OH is 1. The summed E-state index contributed by atoms with van der Waals surface area (Å²) < 4.78 is 33.3. The number of hydrogen-bond donors (Lipinski definition) is 4. The van der Waals surface area contributed by atoms with Gasteiger partial charge in [-0.1, -0.05) is 56.4 Å². The summed E-state index contributed by atoms with van der Waals surface area (Å²) in [4.78, 5) is 57.5. The Bertz CT molecular complexity index is 3010. The monoisotopic (exact) mass is 1010 g/mol. The zero-order valence-corrected chi connectivity index (χ0v) is 41.9. The van der Waals surface area contributed by atoms with Crippen LogP contribution in [0, 0.1) is 23.7 Å². The quantitative estimate of drug-likeness (QED) is 0.0584. The Balaban J connectivity index is 0.677. The lowest BCUT2D eigenvalue weighted by atomic mass is 9.85. The number of likely N-dealkylation sites (tertiary alicyclic amines) is 1. The van der Waals surface area contributed by atoms with Crippen molar-refractivity contribution in [2.75, 3.05) is 78.4 Å². The number of nitrogens with zero attached hydrogens (tertiary/aromatic N) is 7. The largest absolute Gasteiger partial charge is 0.491 e. The molecule has 0 bridgehead atoms. The third-order valence-corrected chi connectivity index (χ3v) is 13.9. The van der Waals surface area contributed by atoms with Crippen molar-refractivity contribution in [2.24, 2.45) is 5.41 Å². The van der Waals surface area contributed by atoms with E-state index in [-0.39, 0.29) is 45.2 Å². The third kappa shape index (κ3) is 12.3. The molecule has 3 atom stereocenters. The summed E-state index contributed by atoms with van der Waals surface area (Å²) in [6.45, 7) is 10.00. The van der Waals surface area contributed by atoms with Gasteiger partial charge in [0.25, 0.3) is 0 Å². The molecule has 19 nitrogen and oxygen atoms in total. The molecule has 5 aromatic heterocycles. The number of rotatable bonds is 23. The van der Waals surface area contributed by atoms with E-state index in [1.165, 1.54) is 4.90 Å². The minimum atomic E-state index is -0.967. The molecular formula is C50H58N10O9S2. The predicted octanol–water partition coefficient (Wildman–Crippen LogP) is 5.46. The molecule has 3 amide bonds. The number of thiazole rings is 2. The van der Waals surface area contributed by atoms with E-state index in [1.54, 1.807) is 34.8 Å². The molecule has 1 aliphatic heterocycles. The predicted molar refractivity (Wildman–Crippen MR) is 269 cm³/mol. The molecule has 0 unspecified atom stereocenters. The van der Waals surface area contributed by atoms with Crippen LogP contribution < -0.4 is 20.7 Å². The number of anilines is 1. The minimum Gasteiger partial charge on any atom is -0.491 e. The fraction of sp³-hybridized carbons (Fsp3) is 0.420. The molecule has 1 aliphatic rings. The molecule has 1 saturated heterocycles. The minimum absolute atomic E-state index is 0.0181. The average Bonchev–Trinajstić information content (AvgIpc) is 4.20. The van der Waals surface area contributed by atoms with Gasteiger partial charge in [-0.2, -0.15) is 5.26 Å². The van der Waals surface area contributed by atoms with Crippen LogP contribution in [-0.4, -0.2) is 143 Å². The van der Waals surface area contributed by atoms with Crippen molar-refractivity contribution in [3.05, 3.63) is 89.3 Å². The molecule has 0 aliphatic carbocycles. The lowest BCUT2D eigenvalue weighted by Crippen LogP contribution is -2.58. The second-order valence-corrected chi connectivity index (χ2v) is 19.9. The molecule has 374 valence electrons. The number of aryl methyl sites for hydroxylation is 1. The fourth-order valence-electron chi connectivity index (χ4n) is 8.24. The standard InChI is InChI=1S/C50H58N10O9S2/c1-31-44(70-30-54-31)34-8-6-32(7-9-34)26-53-47(63)39-23-35(61)27-59(39)48(64)45(50(2,3)4)57-42(62)29-68-19-18-66-15-14-65-16-17-67-20-21-69-36-10-11-38-40(24-36)71-49-55-37(28-60(38)49)43-46(52-5)58-13-12-33(25-51)22-41(58)56-43/h6-13,22,24,28,30,35,39,45,52,61H,14-21,23,26-27,29H2,1-5H3,(H,53,63)(H,57,62)/t35-,39+,45-/m1/s1. The Morgan fingerprint density at radius 2 is 1.65 bits per heavy atom. The van der Waals surface area contributed by atoms with Gasteiger partial charge in [-0.15, -0.1) is 11.3 Å². The fourth-order valence-corrected chi connectivity index (χ4v) is 10.1. The molecule has 0 radical (unpaired) electrons. The van der Waals surface area contributed by atoms with Crippen LogP contribution in [0.25, 0.3) is 42.7 Å². The number of ether oxygens (including phenoxy) is 5. The maximum atomic E-state index is 13.9. The number of nitriles is 1. The first-order valence-corrected chi connectivity index (χ1v) is 25.0. The van der Waals surface area contributed by atoms with Crippen LogP contribution in [-0.2, 0) is 39.9 Å². The first kappa shape index (κ1) is 50.9. The van der Waals surface area contributed by atoms with Gasteiger partial charge in [0.05, 0.1) is 90.3 Å². The summed E-state index contributed by atoms with van der Waals surface area (Å²) in [7, 11) is 1.83. The smallest absolute Gasteiger partial charge is 0.246 e. The molecule has 2 aromatic carbocycles. The first-order chi connectivity index (χ1) is 34.3. The highest BCUT2D eigenvalue weighted by molar-refractivity contribution is 7.23. The maximum absolute atomic E-state index is 13.9. The van der Waals surface area contributed by atoms with Crippen molar-refractivity contribution in [1.29, 1.82) is 5.26 Å². The van der Waals surface area contributed by atoms with Crippen LogP contribution in [0.4, 0.5) is 5.82 Å². The van der Waals surface area contributed by atoms with Gasteiger partial charge < -0.3 is 49.6 Å². The van der Waals surface area contributed by atoms with Gasteiger partial charge in [0.2, 0.25) is 17.7 Å². The summed E-state index contributed by atoms with van der Waals surface area (Å²) in [5.41, 5.74) is 7.65. The van der Waals surface area contributed by atoms with Crippen molar-refractivity contribution in [2.45, 2.75) is 58.8 Å². The number of amides is 3. The summed E-state index contributed by atoms with van der Waals surface area (Å²) in [6, 6.07) is 17.6. The molecular weight excluding hydrogens is 949 g/mol.